The van der Waals surface area contributed by atoms with E-state index in [2.05, 4.69) is 0 Å². The first-order valence-corrected chi connectivity index (χ1v) is 4.10. The van der Waals surface area contributed by atoms with Gasteiger partial charge in [-0.2, -0.15) is 16.8 Å². The van der Waals surface area contributed by atoms with Crippen LogP contribution in [-0.2, 0) is 22.0 Å². The molecule has 8 heteroatoms. The van der Waals surface area contributed by atoms with E-state index < -0.39 is 22.0 Å². The lowest BCUT2D eigenvalue weighted by atomic mass is 11.0. The Labute approximate surface area is 62.4 Å². The van der Waals surface area contributed by atoms with Gasteiger partial charge >= 0.3 is 22.0 Å². The summed E-state index contributed by atoms with van der Waals surface area (Å²) in [6, 6.07) is 0. The molecule has 0 aromatic heterocycles. The molecular weight excluding hydrogens is 184 g/mol. The summed E-state index contributed by atoms with van der Waals surface area (Å²) in [5.41, 5.74) is 0. The summed E-state index contributed by atoms with van der Waals surface area (Å²) in [6.07, 6.45) is 0. The average Bonchev–Trinajstić information content (AvgIpc) is 1.68. The van der Waals surface area contributed by atoms with Gasteiger partial charge in [0.05, 0.1) is 0 Å². The van der Waals surface area contributed by atoms with Crippen molar-refractivity contribution >= 4 is 22.0 Å². The van der Waals surface area contributed by atoms with Crippen molar-refractivity contribution in [3.8, 4) is 0 Å². The summed E-state index contributed by atoms with van der Waals surface area (Å²) in [6.45, 7) is 4.00. The molecule has 0 radical (unpaired) electrons. The molecule has 0 unspecified atom stereocenters. The topological polar surface area (TPSA) is 109 Å². The van der Waals surface area contributed by atoms with Gasteiger partial charge < -0.3 is 0 Å². The van der Waals surface area contributed by atoms with E-state index in [1.807, 2.05) is 13.8 Å². The van der Waals surface area contributed by atoms with Crippen molar-refractivity contribution in [2.45, 2.75) is 13.8 Å². The van der Waals surface area contributed by atoms with Gasteiger partial charge in [0.25, 0.3) is 0 Å². The van der Waals surface area contributed by atoms with E-state index in [-0.39, 0.29) is 0 Å². The summed E-state index contributed by atoms with van der Waals surface area (Å²) >= 11 is -0.750. The van der Waals surface area contributed by atoms with E-state index >= 15 is 0 Å². The van der Waals surface area contributed by atoms with Crippen molar-refractivity contribution in [1.29, 1.82) is 0 Å². The Morgan fingerprint density at radius 3 is 1.10 bits per heavy atom. The Balaban J connectivity index is -0.0000000847. The van der Waals surface area contributed by atoms with Crippen molar-refractivity contribution in [1.82, 2.24) is 0 Å². The highest BCUT2D eigenvalue weighted by molar-refractivity contribution is 7.79. The third-order valence-electron chi connectivity index (χ3n) is 0. The monoisotopic (exact) mass is 192 g/mol. The van der Waals surface area contributed by atoms with E-state index in [4.69, 9.17) is 25.9 Å². The van der Waals surface area contributed by atoms with E-state index in [1.165, 1.54) is 0 Å². The molecule has 64 valence electrons. The predicted molar refractivity (Wildman–Crippen MR) is 34.4 cm³/mol. The molecule has 0 aliphatic carbocycles. The first-order valence-electron chi connectivity index (χ1n) is 2.03. The molecule has 0 aliphatic rings. The fourth-order valence-corrected chi connectivity index (χ4v) is 0. The van der Waals surface area contributed by atoms with Crippen molar-refractivity contribution in [2.75, 3.05) is 0 Å². The van der Waals surface area contributed by atoms with Crippen LogP contribution in [0.2, 0.25) is 0 Å². The third-order valence-corrected chi connectivity index (χ3v) is 0. The lowest BCUT2D eigenvalue weighted by Crippen LogP contribution is -1.89. The second kappa shape index (κ2) is 11.5. The van der Waals surface area contributed by atoms with Gasteiger partial charge in [-0.05, 0) is 0 Å². The molecule has 0 rings (SSSR count). The second-order valence-electron chi connectivity index (χ2n) is 0.516. The molecule has 0 aliphatic heterocycles. The molecule has 0 spiro atoms. The Morgan fingerprint density at radius 2 is 1.10 bits per heavy atom. The molecule has 0 bridgehead atoms. The SMILES string of the molecule is CC.O=S(=O)(O)O.O=S=O. The highest BCUT2D eigenvalue weighted by atomic mass is 32.3. The minimum Gasteiger partial charge on any atom is -0.264 e. The number of hydrogen-bond acceptors (Lipinski definition) is 4. The van der Waals surface area contributed by atoms with Gasteiger partial charge in [-0.1, -0.05) is 13.8 Å². The lowest BCUT2D eigenvalue weighted by Gasteiger charge is -1.68. The van der Waals surface area contributed by atoms with Crippen LogP contribution in [0, 0.1) is 0 Å². The van der Waals surface area contributed by atoms with Crippen LogP contribution in [0.4, 0.5) is 0 Å². The van der Waals surface area contributed by atoms with Crippen LogP contribution < -0.4 is 0 Å². The summed E-state index contributed by atoms with van der Waals surface area (Å²) < 4.78 is 48.2. The zero-order valence-corrected chi connectivity index (χ0v) is 6.98. The van der Waals surface area contributed by atoms with Crippen LogP contribution in [0.15, 0.2) is 0 Å². The van der Waals surface area contributed by atoms with Crippen LogP contribution in [-0.4, -0.2) is 25.9 Å². The number of rotatable bonds is 0. The standard InChI is InChI=1S/C2H6.H2O4S.O2S/c1-2;1-5(2,3)4;1-3-2/h1-2H3;(H2,1,2,3,4);. The lowest BCUT2D eigenvalue weighted by molar-refractivity contribution is 0.381. The molecule has 0 heterocycles. The van der Waals surface area contributed by atoms with Gasteiger partial charge in [0.15, 0.2) is 0 Å². The van der Waals surface area contributed by atoms with Crippen molar-refractivity contribution < 1.29 is 25.9 Å². The smallest absolute Gasteiger partial charge is 0.264 e. The normalized spacial score (nSPS) is 7.60. The summed E-state index contributed by atoms with van der Waals surface area (Å²) in [4.78, 5) is 0. The molecule has 0 amide bonds. The minimum absolute atomic E-state index is 0.750. The van der Waals surface area contributed by atoms with Gasteiger partial charge in [0.2, 0.25) is 0 Å². The van der Waals surface area contributed by atoms with Crippen LogP contribution in [0.25, 0.3) is 0 Å². The summed E-state index contributed by atoms with van der Waals surface area (Å²) in [7, 11) is -4.67. The fourth-order valence-electron chi connectivity index (χ4n) is 0. The van der Waals surface area contributed by atoms with Crippen LogP contribution in [0.3, 0.4) is 0 Å². The number of hydrogen-bond donors (Lipinski definition) is 2. The second-order valence-corrected chi connectivity index (χ2v) is 1.55. The quantitative estimate of drug-likeness (QED) is 0.510. The van der Waals surface area contributed by atoms with E-state index in [0.717, 1.165) is 0 Å². The average molecular weight is 192 g/mol. The molecule has 0 atom stereocenters. The van der Waals surface area contributed by atoms with Crippen molar-refractivity contribution in [3.63, 3.8) is 0 Å². The molecular formula is C2H8O6S2. The molecule has 6 nitrogen and oxygen atoms in total. The highest BCUT2D eigenvalue weighted by Gasteiger charge is 1.84. The molecule has 2 N–H and O–H groups in total. The van der Waals surface area contributed by atoms with E-state index in [0.29, 0.717) is 0 Å². The molecule has 0 aromatic carbocycles. The van der Waals surface area contributed by atoms with E-state index in [9.17, 15) is 0 Å². The molecule has 0 aromatic rings. The fraction of sp³-hybridized carbons (Fsp3) is 1.00. The Morgan fingerprint density at radius 1 is 1.10 bits per heavy atom. The van der Waals surface area contributed by atoms with Gasteiger partial charge in [-0.25, -0.2) is 0 Å². The molecule has 10 heavy (non-hydrogen) atoms. The first kappa shape index (κ1) is 16.3. The maximum absolute atomic E-state index is 8.74. The molecule has 0 saturated carbocycles. The van der Waals surface area contributed by atoms with Gasteiger partial charge in [-0.3, -0.25) is 9.11 Å². The van der Waals surface area contributed by atoms with Crippen molar-refractivity contribution in [2.24, 2.45) is 0 Å². The maximum Gasteiger partial charge on any atom is 0.394 e. The zero-order valence-electron chi connectivity index (χ0n) is 5.34. The minimum atomic E-state index is -4.67. The predicted octanol–water partition coefficient (Wildman–Crippen LogP) is -0.297. The maximum atomic E-state index is 8.74. The van der Waals surface area contributed by atoms with Crippen molar-refractivity contribution in [3.05, 3.63) is 0 Å². The van der Waals surface area contributed by atoms with Gasteiger partial charge in [-0.15, -0.1) is 0 Å². The van der Waals surface area contributed by atoms with Gasteiger partial charge in [0, 0.05) is 0 Å². The molecule has 0 saturated heterocycles. The Kier molecular flexibility index (Phi) is 18.8. The molecule has 0 fully saturated rings. The van der Waals surface area contributed by atoms with Gasteiger partial charge in [0.1, 0.15) is 0 Å². The third kappa shape index (κ3) is 3580. The largest absolute Gasteiger partial charge is 0.394 e. The zero-order chi connectivity index (χ0) is 9.21. The van der Waals surface area contributed by atoms with E-state index in [1.54, 1.807) is 0 Å². The van der Waals surface area contributed by atoms with Crippen LogP contribution >= 0.6 is 0 Å². The van der Waals surface area contributed by atoms with Crippen LogP contribution in [0.5, 0.6) is 0 Å². The summed E-state index contributed by atoms with van der Waals surface area (Å²) in [5, 5.41) is 0. The van der Waals surface area contributed by atoms with Crippen LogP contribution in [0.1, 0.15) is 13.8 Å². The first-order chi connectivity index (χ1) is 4.41. The highest BCUT2D eigenvalue weighted by Crippen LogP contribution is 1.59. The Bertz CT molecular complexity index is 154. The Hall–Kier alpha value is -0.310. The summed E-state index contributed by atoms with van der Waals surface area (Å²) in [5.74, 6) is 0.